The minimum atomic E-state index is -2.56. The predicted molar refractivity (Wildman–Crippen MR) is 141 cm³/mol. The molecule has 0 radical (unpaired) electrons. The van der Waals surface area contributed by atoms with Gasteiger partial charge < -0.3 is 9.80 Å². The molecule has 3 aromatic rings. The van der Waals surface area contributed by atoms with Crippen LogP contribution in [0.5, 0.6) is 0 Å². The Balaban J connectivity index is 1.36. The summed E-state index contributed by atoms with van der Waals surface area (Å²) < 4.78 is 28.6. The first-order valence-electron chi connectivity index (χ1n) is 12.5. The molecule has 1 aromatic carbocycles. The number of alkyl halides is 2. The molecule has 2 aromatic heterocycles. The standard InChI is InChI=1S/C27H33F2N7/c1-4-22(23-15-19(26(28)29)5-6-25(23)30-2)24-17-32-36-18-21(16-31-27(24)36)34-9-7-20(8-10-34)35-13-11-33(3)12-14-35/h4-6,15-18,20,26H,2,7-14H2,1,3H3/b22-4+. The van der Waals surface area contributed by atoms with E-state index in [0.717, 1.165) is 68.9 Å². The maximum atomic E-state index is 13.4. The summed E-state index contributed by atoms with van der Waals surface area (Å²) in [6, 6.07) is 5.10. The van der Waals surface area contributed by atoms with E-state index in [1.807, 2.05) is 25.4 Å². The zero-order chi connectivity index (χ0) is 25.2. The maximum absolute atomic E-state index is 13.4. The van der Waals surface area contributed by atoms with Gasteiger partial charge in [0.05, 0.1) is 30.0 Å². The van der Waals surface area contributed by atoms with Crippen molar-refractivity contribution in [1.29, 1.82) is 0 Å². The smallest absolute Gasteiger partial charge is 0.263 e. The van der Waals surface area contributed by atoms with Crippen molar-refractivity contribution in [2.75, 3.05) is 51.2 Å². The van der Waals surface area contributed by atoms with E-state index in [9.17, 15) is 8.78 Å². The highest BCUT2D eigenvalue weighted by atomic mass is 19.3. The molecule has 0 saturated carbocycles. The molecular formula is C27H33F2N7. The van der Waals surface area contributed by atoms with Gasteiger partial charge in [0, 0.05) is 62.0 Å². The Morgan fingerprint density at radius 1 is 1.08 bits per heavy atom. The molecule has 2 fully saturated rings. The van der Waals surface area contributed by atoms with E-state index < -0.39 is 6.43 Å². The van der Waals surface area contributed by atoms with Gasteiger partial charge in [-0.25, -0.2) is 18.3 Å². The van der Waals surface area contributed by atoms with Crippen LogP contribution >= 0.6 is 0 Å². The van der Waals surface area contributed by atoms with Crippen LogP contribution in [0.1, 0.15) is 42.9 Å². The molecule has 0 bridgehead atoms. The normalized spacial score (nSPS) is 18.9. The van der Waals surface area contributed by atoms with Gasteiger partial charge in [-0.2, -0.15) is 5.10 Å². The molecule has 7 nitrogen and oxygen atoms in total. The minimum Gasteiger partial charge on any atom is -0.369 e. The van der Waals surface area contributed by atoms with Gasteiger partial charge >= 0.3 is 0 Å². The summed E-state index contributed by atoms with van der Waals surface area (Å²) in [5.74, 6) is 0. The second-order valence-corrected chi connectivity index (χ2v) is 9.63. The molecule has 0 unspecified atom stereocenters. The highest BCUT2D eigenvalue weighted by molar-refractivity contribution is 5.90. The van der Waals surface area contributed by atoms with Gasteiger partial charge in [0.1, 0.15) is 0 Å². The molecule has 2 aliphatic rings. The molecule has 5 rings (SSSR count). The number of benzene rings is 1. The number of aromatic nitrogens is 3. The Morgan fingerprint density at radius 2 is 1.83 bits per heavy atom. The summed E-state index contributed by atoms with van der Waals surface area (Å²) in [7, 11) is 2.19. The van der Waals surface area contributed by atoms with E-state index in [0.29, 0.717) is 22.9 Å². The van der Waals surface area contributed by atoms with Crippen LogP contribution in [-0.2, 0) is 0 Å². The van der Waals surface area contributed by atoms with Crippen molar-refractivity contribution in [1.82, 2.24) is 24.4 Å². The first-order valence-corrected chi connectivity index (χ1v) is 12.5. The molecule has 0 amide bonds. The Labute approximate surface area is 210 Å². The van der Waals surface area contributed by atoms with Crippen molar-refractivity contribution in [3.8, 4) is 0 Å². The second-order valence-electron chi connectivity index (χ2n) is 9.63. The molecule has 0 N–H and O–H groups in total. The summed E-state index contributed by atoms with van der Waals surface area (Å²) in [5, 5.41) is 4.56. The number of likely N-dealkylation sites (N-methyl/N-ethyl adjacent to an activating group) is 1. The fourth-order valence-corrected chi connectivity index (χ4v) is 5.39. The van der Waals surface area contributed by atoms with Gasteiger partial charge in [0.2, 0.25) is 0 Å². The van der Waals surface area contributed by atoms with Crippen LogP contribution < -0.4 is 4.90 Å². The lowest BCUT2D eigenvalue weighted by Gasteiger charge is -2.42. The lowest BCUT2D eigenvalue weighted by molar-refractivity contribution is 0.0982. The van der Waals surface area contributed by atoms with Gasteiger partial charge in [-0.1, -0.05) is 12.1 Å². The number of hydrogen-bond acceptors (Lipinski definition) is 6. The lowest BCUT2D eigenvalue weighted by atomic mass is 9.96. The van der Waals surface area contributed by atoms with Gasteiger partial charge in [-0.3, -0.25) is 9.89 Å². The lowest BCUT2D eigenvalue weighted by Crippen LogP contribution is -2.52. The van der Waals surface area contributed by atoms with Crippen molar-refractivity contribution in [3.63, 3.8) is 0 Å². The number of anilines is 1. The summed E-state index contributed by atoms with van der Waals surface area (Å²) in [6.07, 6.45) is 7.26. The van der Waals surface area contributed by atoms with Crippen molar-refractivity contribution in [2.24, 2.45) is 4.99 Å². The summed E-state index contributed by atoms with van der Waals surface area (Å²) in [6.45, 7) is 12.1. The topological polar surface area (TPSA) is 52.3 Å². The van der Waals surface area contributed by atoms with Crippen LogP contribution in [-0.4, -0.2) is 83.5 Å². The minimum absolute atomic E-state index is 0.0524. The molecule has 0 aliphatic carbocycles. The third kappa shape index (κ3) is 4.77. The summed E-state index contributed by atoms with van der Waals surface area (Å²) >= 11 is 0. The number of halogens is 2. The number of rotatable bonds is 6. The number of allylic oxidation sites excluding steroid dienone is 1. The molecule has 2 aliphatic heterocycles. The fraction of sp³-hybridized carbons (Fsp3) is 0.444. The van der Waals surface area contributed by atoms with E-state index in [2.05, 4.69) is 38.6 Å². The third-order valence-electron chi connectivity index (χ3n) is 7.54. The molecule has 0 atom stereocenters. The molecule has 0 spiro atoms. The quantitative estimate of drug-likeness (QED) is 0.468. The van der Waals surface area contributed by atoms with E-state index >= 15 is 0 Å². The Hall–Kier alpha value is -3.17. The zero-order valence-electron chi connectivity index (χ0n) is 20.9. The van der Waals surface area contributed by atoms with Gasteiger partial charge in [-0.15, -0.1) is 0 Å². The maximum Gasteiger partial charge on any atom is 0.263 e. The van der Waals surface area contributed by atoms with E-state index in [1.165, 1.54) is 12.1 Å². The van der Waals surface area contributed by atoms with Crippen LogP contribution in [0.3, 0.4) is 0 Å². The van der Waals surface area contributed by atoms with Crippen LogP contribution in [0.2, 0.25) is 0 Å². The van der Waals surface area contributed by atoms with Crippen molar-refractivity contribution in [3.05, 3.63) is 59.6 Å². The number of piperidine rings is 1. The molecule has 2 saturated heterocycles. The Kier molecular flexibility index (Phi) is 7.11. The molecule has 36 heavy (non-hydrogen) atoms. The first-order chi connectivity index (χ1) is 17.5. The average Bonchev–Trinajstić information content (AvgIpc) is 3.32. The van der Waals surface area contributed by atoms with Crippen LogP contribution in [0, 0.1) is 0 Å². The summed E-state index contributed by atoms with van der Waals surface area (Å²) in [4.78, 5) is 16.2. The Bertz CT molecular complexity index is 1250. The highest BCUT2D eigenvalue weighted by Crippen LogP contribution is 2.36. The molecule has 4 heterocycles. The fourth-order valence-electron chi connectivity index (χ4n) is 5.39. The number of piperazine rings is 1. The van der Waals surface area contributed by atoms with Gasteiger partial charge in [0.15, 0.2) is 5.65 Å². The largest absolute Gasteiger partial charge is 0.369 e. The number of nitrogens with zero attached hydrogens (tertiary/aromatic N) is 7. The number of aliphatic imine (C=N–C) groups is 1. The Morgan fingerprint density at radius 3 is 2.50 bits per heavy atom. The van der Waals surface area contributed by atoms with Gasteiger partial charge in [0.25, 0.3) is 6.43 Å². The molecular weight excluding hydrogens is 460 g/mol. The SMILES string of the molecule is C=Nc1ccc(C(F)F)cc1/C(=C\C)c1cnn2cc(N3CCC(N4CCN(C)CC4)CC3)cnc12. The van der Waals surface area contributed by atoms with Crippen LogP contribution in [0.4, 0.5) is 20.2 Å². The summed E-state index contributed by atoms with van der Waals surface area (Å²) in [5.41, 5.74) is 4.34. The zero-order valence-corrected chi connectivity index (χ0v) is 20.9. The molecule has 9 heteroatoms. The van der Waals surface area contributed by atoms with Crippen molar-refractivity contribution < 1.29 is 8.78 Å². The van der Waals surface area contributed by atoms with Crippen molar-refractivity contribution in [2.45, 2.75) is 32.2 Å². The second kappa shape index (κ2) is 10.4. The highest BCUT2D eigenvalue weighted by Gasteiger charge is 2.27. The monoisotopic (exact) mass is 493 g/mol. The predicted octanol–water partition coefficient (Wildman–Crippen LogP) is 4.67. The van der Waals surface area contributed by atoms with Gasteiger partial charge in [-0.05, 0) is 51.2 Å². The number of hydrogen-bond donors (Lipinski definition) is 0. The van der Waals surface area contributed by atoms with Crippen LogP contribution in [0.25, 0.3) is 11.2 Å². The third-order valence-corrected chi connectivity index (χ3v) is 7.54. The average molecular weight is 494 g/mol. The van der Waals surface area contributed by atoms with E-state index in [1.54, 1.807) is 16.8 Å². The number of fused-ring (bicyclic) bond motifs is 1. The van der Waals surface area contributed by atoms with E-state index in [-0.39, 0.29) is 5.56 Å². The first kappa shape index (κ1) is 24.5. The van der Waals surface area contributed by atoms with Crippen molar-refractivity contribution >= 4 is 29.3 Å². The molecule has 190 valence electrons. The van der Waals surface area contributed by atoms with Crippen LogP contribution in [0.15, 0.2) is 47.9 Å². The van der Waals surface area contributed by atoms with E-state index in [4.69, 9.17) is 4.98 Å².